The van der Waals surface area contributed by atoms with E-state index < -0.39 is 0 Å². The number of fused-ring (bicyclic) bond motifs is 1. The van der Waals surface area contributed by atoms with Crippen LogP contribution in [0.25, 0.3) is 10.2 Å². The average Bonchev–Trinajstić information content (AvgIpc) is 3.28. The molecule has 132 valence electrons. The molecule has 7 heteroatoms. The van der Waals surface area contributed by atoms with Gasteiger partial charge in [0.05, 0.1) is 16.1 Å². The first kappa shape index (κ1) is 16.8. The minimum atomic E-state index is -0.153. The molecule has 1 aliphatic carbocycles. The molecule has 2 amide bonds. The first-order valence-electron chi connectivity index (χ1n) is 8.75. The zero-order valence-corrected chi connectivity index (χ0v) is 15.6. The molecule has 1 saturated heterocycles. The van der Waals surface area contributed by atoms with Crippen LogP contribution in [0.4, 0.5) is 0 Å². The van der Waals surface area contributed by atoms with E-state index in [1.165, 1.54) is 11.3 Å². The Labute approximate surface area is 155 Å². The number of hydrogen-bond acceptors (Lipinski definition) is 5. The molecule has 2 aromatic rings. The number of nitrogens with zero attached hydrogens (tertiary/aromatic N) is 2. The van der Waals surface area contributed by atoms with Crippen LogP contribution in [0.3, 0.4) is 0 Å². The molecule has 0 radical (unpaired) electrons. The van der Waals surface area contributed by atoms with Gasteiger partial charge in [-0.05, 0) is 25.0 Å². The first-order chi connectivity index (χ1) is 12.2. The molecule has 5 nitrogen and oxygen atoms in total. The van der Waals surface area contributed by atoms with Gasteiger partial charge in [-0.25, -0.2) is 4.98 Å². The smallest absolute Gasteiger partial charge is 0.280 e. The predicted octanol–water partition coefficient (Wildman–Crippen LogP) is 2.77. The molecule has 0 bridgehead atoms. The molecular formula is C18H21N3O2S2. The maximum absolute atomic E-state index is 12.8. The molecule has 1 saturated carbocycles. The van der Waals surface area contributed by atoms with Crippen molar-refractivity contribution in [1.29, 1.82) is 0 Å². The van der Waals surface area contributed by atoms with Crippen molar-refractivity contribution in [3.8, 4) is 0 Å². The molecule has 2 atom stereocenters. The third-order valence-corrected chi connectivity index (χ3v) is 6.94. The van der Waals surface area contributed by atoms with Crippen LogP contribution in [-0.2, 0) is 4.79 Å². The summed E-state index contributed by atoms with van der Waals surface area (Å²) in [5.41, 5.74) is 0.850. The number of thioether (sulfide) groups is 1. The highest BCUT2D eigenvalue weighted by Crippen LogP contribution is 2.29. The number of rotatable bonds is 3. The summed E-state index contributed by atoms with van der Waals surface area (Å²) in [4.78, 5) is 31.8. The number of carbonyl (C=O) groups is 2. The summed E-state index contributed by atoms with van der Waals surface area (Å²) in [6.45, 7) is 1.66. The largest absolute Gasteiger partial charge is 0.346 e. The van der Waals surface area contributed by atoms with Crippen LogP contribution in [0.1, 0.15) is 29.1 Å². The summed E-state index contributed by atoms with van der Waals surface area (Å²) in [6.07, 6.45) is 2.73. The zero-order valence-electron chi connectivity index (χ0n) is 13.9. The zero-order chi connectivity index (χ0) is 17.2. The number of thiazole rings is 1. The number of amides is 2. The number of hydrogen-bond donors (Lipinski definition) is 1. The maximum atomic E-state index is 12.8. The van der Waals surface area contributed by atoms with E-state index >= 15 is 0 Å². The van der Waals surface area contributed by atoms with Gasteiger partial charge in [0.25, 0.3) is 5.91 Å². The summed E-state index contributed by atoms with van der Waals surface area (Å²) in [5, 5.41) is 3.56. The number of carbonyl (C=O) groups excluding carboxylic acids is 2. The molecule has 1 aromatic carbocycles. The van der Waals surface area contributed by atoms with Crippen molar-refractivity contribution < 1.29 is 9.59 Å². The Morgan fingerprint density at radius 3 is 2.76 bits per heavy atom. The minimum absolute atomic E-state index is 0.0680. The van der Waals surface area contributed by atoms with Gasteiger partial charge in [0.1, 0.15) is 0 Å². The quantitative estimate of drug-likeness (QED) is 0.896. The van der Waals surface area contributed by atoms with E-state index in [-0.39, 0.29) is 23.8 Å². The van der Waals surface area contributed by atoms with E-state index in [9.17, 15) is 9.59 Å². The van der Waals surface area contributed by atoms with Crippen LogP contribution in [0.15, 0.2) is 24.3 Å². The first-order valence-corrected chi connectivity index (χ1v) is 10.7. The molecule has 0 spiro atoms. The van der Waals surface area contributed by atoms with E-state index in [0.29, 0.717) is 5.01 Å². The fraction of sp³-hybridized carbons (Fsp3) is 0.500. The van der Waals surface area contributed by atoms with Crippen LogP contribution in [-0.4, -0.2) is 52.3 Å². The topological polar surface area (TPSA) is 62.3 Å². The molecule has 4 rings (SSSR count). The molecular weight excluding hydrogens is 354 g/mol. The number of para-hydroxylation sites is 1. The van der Waals surface area contributed by atoms with E-state index in [4.69, 9.17) is 0 Å². The van der Waals surface area contributed by atoms with Crippen LogP contribution in [0.2, 0.25) is 0 Å². The van der Waals surface area contributed by atoms with Crippen LogP contribution in [0.5, 0.6) is 0 Å². The Kier molecular flexibility index (Phi) is 4.94. The van der Waals surface area contributed by atoms with Gasteiger partial charge in [0.2, 0.25) is 5.91 Å². The summed E-state index contributed by atoms with van der Waals surface area (Å²) < 4.78 is 1.01. The van der Waals surface area contributed by atoms with Gasteiger partial charge in [-0.2, -0.15) is 11.8 Å². The highest BCUT2D eigenvalue weighted by Gasteiger charge is 2.37. The van der Waals surface area contributed by atoms with E-state index in [2.05, 4.69) is 10.3 Å². The average molecular weight is 376 g/mol. The molecule has 1 aliphatic heterocycles. The second-order valence-corrected chi connectivity index (χ2v) is 8.80. The van der Waals surface area contributed by atoms with Crippen molar-refractivity contribution in [2.24, 2.45) is 5.92 Å². The SMILES string of the molecule is O=C(NC1CCCC1C(=O)N1CCSCC1)c1nc2ccccc2s1. The Hall–Kier alpha value is -1.60. The highest BCUT2D eigenvalue weighted by atomic mass is 32.2. The summed E-state index contributed by atoms with van der Waals surface area (Å²) in [7, 11) is 0. The summed E-state index contributed by atoms with van der Waals surface area (Å²) in [5.74, 6) is 2.01. The van der Waals surface area contributed by atoms with Crippen LogP contribution in [0, 0.1) is 5.92 Å². The monoisotopic (exact) mass is 375 g/mol. The highest BCUT2D eigenvalue weighted by molar-refractivity contribution is 7.99. The van der Waals surface area contributed by atoms with Crippen LogP contribution >= 0.6 is 23.1 Å². The van der Waals surface area contributed by atoms with Crippen molar-refractivity contribution in [1.82, 2.24) is 15.2 Å². The number of aromatic nitrogens is 1. The third kappa shape index (κ3) is 3.53. The van der Waals surface area contributed by atoms with Crippen molar-refractivity contribution >= 4 is 45.1 Å². The van der Waals surface area contributed by atoms with Crippen molar-refractivity contribution in [3.05, 3.63) is 29.3 Å². The summed E-state index contributed by atoms with van der Waals surface area (Å²) >= 11 is 3.30. The van der Waals surface area contributed by atoms with Crippen LogP contribution < -0.4 is 5.32 Å². The van der Waals surface area contributed by atoms with Gasteiger partial charge in [-0.1, -0.05) is 18.6 Å². The Balaban J connectivity index is 1.45. The van der Waals surface area contributed by atoms with E-state index in [1.807, 2.05) is 40.9 Å². The molecule has 2 fully saturated rings. The summed E-state index contributed by atoms with van der Waals surface area (Å²) in [6, 6.07) is 7.69. The number of nitrogens with one attached hydrogen (secondary N) is 1. The predicted molar refractivity (Wildman–Crippen MR) is 102 cm³/mol. The Morgan fingerprint density at radius 1 is 1.16 bits per heavy atom. The standard InChI is InChI=1S/C18H21N3O2S2/c22-16(17-20-14-5-1-2-7-15(14)25-17)19-13-6-3-4-12(13)18(23)21-8-10-24-11-9-21/h1-2,5,7,12-13H,3-4,6,8-11H2,(H,19,22). The Morgan fingerprint density at radius 2 is 1.96 bits per heavy atom. The van der Waals surface area contributed by atoms with Gasteiger partial charge in [0.15, 0.2) is 5.01 Å². The third-order valence-electron chi connectivity index (χ3n) is 4.96. The van der Waals surface area contributed by atoms with Gasteiger partial charge in [0, 0.05) is 30.6 Å². The van der Waals surface area contributed by atoms with Crippen molar-refractivity contribution in [2.75, 3.05) is 24.6 Å². The maximum Gasteiger partial charge on any atom is 0.280 e. The fourth-order valence-electron chi connectivity index (χ4n) is 3.65. The molecule has 1 aromatic heterocycles. The molecule has 1 N–H and O–H groups in total. The molecule has 2 unspecified atom stereocenters. The lowest BCUT2D eigenvalue weighted by Gasteiger charge is -2.31. The van der Waals surface area contributed by atoms with Crippen molar-refractivity contribution in [3.63, 3.8) is 0 Å². The van der Waals surface area contributed by atoms with E-state index in [1.54, 1.807) is 0 Å². The second-order valence-electron chi connectivity index (χ2n) is 6.54. The minimum Gasteiger partial charge on any atom is -0.346 e. The molecule has 2 heterocycles. The van der Waals surface area contributed by atoms with Gasteiger partial charge in [-0.3, -0.25) is 9.59 Å². The fourth-order valence-corrected chi connectivity index (χ4v) is 5.42. The van der Waals surface area contributed by atoms with Gasteiger partial charge in [-0.15, -0.1) is 11.3 Å². The lowest BCUT2D eigenvalue weighted by atomic mass is 10.0. The van der Waals surface area contributed by atoms with E-state index in [0.717, 1.165) is 54.1 Å². The van der Waals surface area contributed by atoms with Gasteiger partial charge >= 0.3 is 0 Å². The number of benzene rings is 1. The van der Waals surface area contributed by atoms with Gasteiger partial charge < -0.3 is 10.2 Å². The lowest BCUT2D eigenvalue weighted by molar-refractivity contribution is -0.135. The molecule has 2 aliphatic rings. The normalized spacial score (nSPS) is 23.8. The molecule has 25 heavy (non-hydrogen) atoms. The second kappa shape index (κ2) is 7.33. The Bertz CT molecular complexity index is 752. The van der Waals surface area contributed by atoms with Crippen molar-refractivity contribution in [2.45, 2.75) is 25.3 Å². The lowest BCUT2D eigenvalue weighted by Crippen LogP contribution is -2.47.